The minimum Gasteiger partial charge on any atom is -0.487 e. The van der Waals surface area contributed by atoms with Crippen LogP contribution in [0.25, 0.3) is 88.0 Å². The monoisotopic (exact) mass is 1200 g/mol. The summed E-state index contributed by atoms with van der Waals surface area (Å²) in [6.45, 7) is 15.5. The van der Waals surface area contributed by atoms with Gasteiger partial charge in [0.2, 0.25) is 22.1 Å². The quantitative estimate of drug-likeness (QED) is 0.0259. The zero-order valence-electron chi connectivity index (χ0n) is 52.4. The molecule has 5 aromatic carbocycles. The van der Waals surface area contributed by atoms with Crippen LogP contribution in [0.2, 0.25) is 0 Å². The van der Waals surface area contributed by atoms with Crippen molar-refractivity contribution in [2.75, 3.05) is 93.5 Å². The van der Waals surface area contributed by atoms with Gasteiger partial charge in [0.05, 0.1) is 118 Å². The lowest BCUT2D eigenvalue weighted by atomic mass is 9.98. The Hall–Kier alpha value is -8.28. The molecule has 2 aliphatic heterocycles. The molecule has 0 spiro atoms. The van der Waals surface area contributed by atoms with E-state index in [4.69, 9.17) is 57.8 Å². The number of hydrogen-bond donors (Lipinski definition) is 1. The zero-order valence-corrected chi connectivity index (χ0v) is 52.4. The molecule has 2 aliphatic rings. The number of pyridine rings is 2. The fourth-order valence-electron chi connectivity index (χ4n) is 12.2. The van der Waals surface area contributed by atoms with Gasteiger partial charge in [-0.2, -0.15) is 9.13 Å². The number of nitrogens with one attached hydrogen (secondary N) is 1. The Balaban J connectivity index is 1.02. The molecule has 0 aliphatic carbocycles. The zero-order chi connectivity index (χ0) is 61.3. The first-order valence-corrected chi connectivity index (χ1v) is 31.5. The number of allylic oxidation sites excluding steroid dienone is 4. The second-order valence-corrected chi connectivity index (χ2v) is 22.3. The molecule has 1 N–H and O–H groups in total. The molecule has 6 heterocycles. The molecule has 15 heteroatoms. The molecule has 6 bridgehead atoms. The Morgan fingerprint density at radius 2 is 0.831 bits per heavy atom. The van der Waals surface area contributed by atoms with Crippen molar-refractivity contribution in [3.63, 3.8) is 0 Å². The maximum absolute atomic E-state index is 6.52. The van der Waals surface area contributed by atoms with E-state index in [1.165, 1.54) is 65.9 Å². The summed E-state index contributed by atoms with van der Waals surface area (Å²) in [4.78, 5) is 25.4. The van der Waals surface area contributed by atoms with Crippen LogP contribution in [-0.4, -0.2) is 118 Å². The standard InChI is InChI=1S/C74H83N7O8/c1-7-57-58(8-2)62-46-64-60(24-18-30-81-71-27-15-11-21-55(71)44-56-22-12-16-28-72(56)81)52(4)68(79-64)50-76-66-48-74(89-42-40-87-38-36-85-34-32-83-6)73(88-41-39-86-37-35-84-33-31-82-5)47-65(66)75-49-67-51(3)59(63(78-67)45-61(57)77-62)23-17-29-80-69-25-13-9-19-53(69)43-54-20-10-14-26-70(54)80/h9-16,19-22,25-28,43-50,78H,7-8,17-18,23-24,29-42H2,1-6H3/q+2. The lowest BCUT2D eigenvalue weighted by molar-refractivity contribution is -0.645. The number of hydrogen-bond acceptors (Lipinski definition) is 12. The summed E-state index contributed by atoms with van der Waals surface area (Å²) in [6, 6.07) is 47.6. The van der Waals surface area contributed by atoms with Crippen molar-refractivity contribution in [1.29, 1.82) is 0 Å². The van der Waals surface area contributed by atoms with E-state index in [9.17, 15) is 0 Å². The predicted molar refractivity (Wildman–Crippen MR) is 355 cm³/mol. The minimum absolute atomic E-state index is 0.254. The van der Waals surface area contributed by atoms with Gasteiger partial charge in [0.15, 0.2) is 11.5 Å². The topological polar surface area (TPSA) is 149 Å². The van der Waals surface area contributed by atoms with Gasteiger partial charge in [-0.1, -0.05) is 62.4 Å². The Bertz CT molecular complexity index is 4130. The highest BCUT2D eigenvalue weighted by Crippen LogP contribution is 2.39. The van der Waals surface area contributed by atoms with Crippen LogP contribution in [-0.2, 0) is 47.9 Å². The third kappa shape index (κ3) is 14.9. The summed E-state index contributed by atoms with van der Waals surface area (Å²) < 4.78 is 51.3. The number of methoxy groups -OCH3 is 2. The van der Waals surface area contributed by atoms with E-state index in [1.807, 2.05) is 24.5 Å². The minimum atomic E-state index is 0.254. The number of rotatable bonds is 30. The first-order chi connectivity index (χ1) is 43.8. The van der Waals surface area contributed by atoms with Crippen LogP contribution in [0.3, 0.4) is 0 Å². The van der Waals surface area contributed by atoms with Crippen molar-refractivity contribution < 1.29 is 47.0 Å². The van der Waals surface area contributed by atoms with Gasteiger partial charge in [0, 0.05) is 90.5 Å². The Morgan fingerprint density at radius 3 is 1.31 bits per heavy atom. The molecule has 0 radical (unpaired) electrons. The van der Waals surface area contributed by atoms with Crippen molar-refractivity contribution in [3.05, 3.63) is 180 Å². The maximum atomic E-state index is 6.52. The predicted octanol–water partition coefficient (Wildman–Crippen LogP) is 13.7. The number of para-hydroxylation sites is 4. The number of aromatic nitrogens is 7. The largest absolute Gasteiger partial charge is 0.487 e. The van der Waals surface area contributed by atoms with E-state index in [1.54, 1.807) is 14.2 Å². The molecule has 0 saturated heterocycles. The summed E-state index contributed by atoms with van der Waals surface area (Å²) in [5.74, 6) is 0.991. The van der Waals surface area contributed by atoms with Crippen molar-refractivity contribution in [3.8, 4) is 11.5 Å². The molecule has 0 fully saturated rings. The fraction of sp³-hybridized carbons (Fsp3) is 0.351. The summed E-state index contributed by atoms with van der Waals surface area (Å²) in [5.41, 5.74) is 18.6. The van der Waals surface area contributed by atoms with Crippen LogP contribution in [0.5, 0.6) is 11.5 Å². The molecule has 9 aromatic rings. The summed E-state index contributed by atoms with van der Waals surface area (Å²) in [5, 5.41) is 4.89. The van der Waals surface area contributed by atoms with E-state index in [0.29, 0.717) is 88.6 Å². The molecule has 0 atom stereocenters. The van der Waals surface area contributed by atoms with E-state index >= 15 is 0 Å². The lowest BCUT2D eigenvalue weighted by Crippen LogP contribution is -2.35. The molecule has 460 valence electrons. The summed E-state index contributed by atoms with van der Waals surface area (Å²) in [6.07, 6.45) is 8.84. The van der Waals surface area contributed by atoms with Crippen LogP contribution >= 0.6 is 0 Å². The van der Waals surface area contributed by atoms with E-state index in [2.05, 4.69) is 163 Å². The van der Waals surface area contributed by atoms with Crippen molar-refractivity contribution >= 4 is 88.0 Å². The molecule has 0 unspecified atom stereocenters. The molecular formula is C74H83N7O8+2. The van der Waals surface area contributed by atoms with Gasteiger partial charge in [0.1, 0.15) is 26.3 Å². The number of H-pyrrole nitrogens is 1. The fourth-order valence-corrected chi connectivity index (χ4v) is 12.2. The molecule has 11 rings (SSSR count). The molecule has 0 saturated carbocycles. The van der Waals surface area contributed by atoms with E-state index in [0.717, 1.165) is 96.6 Å². The lowest BCUT2D eigenvalue weighted by Gasteiger charge is -2.14. The van der Waals surface area contributed by atoms with Crippen molar-refractivity contribution in [2.24, 2.45) is 0 Å². The van der Waals surface area contributed by atoms with Crippen molar-refractivity contribution in [2.45, 2.75) is 79.3 Å². The molecule has 15 nitrogen and oxygen atoms in total. The van der Waals surface area contributed by atoms with Crippen LogP contribution in [0.4, 0.5) is 0 Å². The maximum Gasteiger partial charge on any atom is 0.212 e. The SMILES string of the molecule is CCC1=C(CC)c2cc3[nH]c(cnc4cc(OCCOCCOCCOC)c(OCCOCCOCCOC)cc4ncc4nc(cc1n2)C(CCC[n+]1c2ccccc2cc2ccccc21)=C4C)c(C)c3CCC[n+]1c2ccccc2cc2ccccc21. The Morgan fingerprint density at radius 1 is 0.416 bits per heavy atom. The summed E-state index contributed by atoms with van der Waals surface area (Å²) in [7, 11) is 3.31. The number of aryl methyl sites for hydroxylation is 4. The van der Waals surface area contributed by atoms with Gasteiger partial charge in [-0.05, 0) is 121 Å². The van der Waals surface area contributed by atoms with Gasteiger partial charge >= 0.3 is 0 Å². The average Bonchev–Trinajstić information content (AvgIpc) is 2.07. The molecular weight excluding hydrogens is 1110 g/mol. The van der Waals surface area contributed by atoms with Crippen molar-refractivity contribution in [1.82, 2.24) is 24.9 Å². The number of aromatic amines is 1. The van der Waals surface area contributed by atoms with Gasteiger partial charge in [-0.15, -0.1) is 0 Å². The highest BCUT2D eigenvalue weighted by Gasteiger charge is 2.24. The number of ether oxygens (including phenoxy) is 8. The molecule has 89 heavy (non-hydrogen) atoms. The number of nitrogens with zero attached hydrogens (tertiary/aromatic N) is 6. The van der Waals surface area contributed by atoms with Gasteiger partial charge in [0.25, 0.3) is 0 Å². The molecule has 4 aromatic heterocycles. The van der Waals surface area contributed by atoms with Crippen LogP contribution in [0.1, 0.15) is 86.8 Å². The normalized spacial score (nSPS) is 12.6. The third-order valence-electron chi connectivity index (χ3n) is 16.8. The Kier molecular flexibility index (Phi) is 21.5. The summed E-state index contributed by atoms with van der Waals surface area (Å²) >= 11 is 0. The van der Waals surface area contributed by atoms with Crippen LogP contribution in [0, 0.1) is 6.92 Å². The van der Waals surface area contributed by atoms with Crippen LogP contribution in [0.15, 0.2) is 146 Å². The first-order valence-electron chi connectivity index (χ1n) is 31.5. The highest BCUT2D eigenvalue weighted by atomic mass is 16.6. The molecule has 0 amide bonds. The third-order valence-corrected chi connectivity index (χ3v) is 16.8. The second kappa shape index (κ2) is 30.8. The Labute approximate surface area is 521 Å². The van der Waals surface area contributed by atoms with E-state index < -0.39 is 0 Å². The van der Waals surface area contributed by atoms with E-state index in [-0.39, 0.29) is 13.2 Å². The highest BCUT2D eigenvalue weighted by molar-refractivity contribution is 5.96. The van der Waals surface area contributed by atoms with Gasteiger partial charge < -0.3 is 42.9 Å². The number of benzene rings is 5. The number of fused-ring (bicyclic) bond motifs is 11. The van der Waals surface area contributed by atoms with Crippen LogP contribution < -0.4 is 18.6 Å². The second-order valence-electron chi connectivity index (χ2n) is 22.3. The van der Waals surface area contributed by atoms with Gasteiger partial charge in [-0.25, -0.2) is 9.97 Å². The smallest absolute Gasteiger partial charge is 0.212 e. The van der Waals surface area contributed by atoms with Gasteiger partial charge in [-0.3, -0.25) is 9.97 Å². The first kappa shape index (κ1) is 62.3. The average molecular weight is 1200 g/mol.